The van der Waals surface area contributed by atoms with Crippen LogP contribution in [0.3, 0.4) is 0 Å². The highest BCUT2D eigenvalue weighted by Crippen LogP contribution is 2.39. The summed E-state index contributed by atoms with van der Waals surface area (Å²) in [4.78, 5) is 0. The summed E-state index contributed by atoms with van der Waals surface area (Å²) in [7, 11) is 0. The summed E-state index contributed by atoms with van der Waals surface area (Å²) in [5, 5.41) is 0.706. The summed E-state index contributed by atoms with van der Waals surface area (Å²) in [6, 6.07) is 16.1. The van der Waals surface area contributed by atoms with Gasteiger partial charge in [0.05, 0.1) is 0 Å². The lowest BCUT2D eigenvalue weighted by Gasteiger charge is -2.34. The van der Waals surface area contributed by atoms with Gasteiger partial charge in [-0.1, -0.05) is 48.9 Å². The van der Waals surface area contributed by atoms with Crippen molar-refractivity contribution in [2.24, 2.45) is 5.73 Å². The summed E-state index contributed by atoms with van der Waals surface area (Å²) in [6.45, 7) is 2.19. The third-order valence-corrected chi connectivity index (χ3v) is 4.25. The molecule has 0 saturated heterocycles. The maximum Gasteiger partial charge on any atom is 0.124 e. The molecule has 1 heterocycles. The number of benzene rings is 2. The number of fused-ring (bicyclic) bond motifs is 1. The predicted molar refractivity (Wildman–Crippen MR) is 82.3 cm³/mol. The van der Waals surface area contributed by atoms with Gasteiger partial charge in [-0.25, -0.2) is 0 Å². The molecule has 0 saturated carbocycles. The van der Waals surface area contributed by atoms with Gasteiger partial charge in [-0.05, 0) is 23.8 Å². The topological polar surface area (TPSA) is 35.2 Å². The van der Waals surface area contributed by atoms with Gasteiger partial charge >= 0.3 is 0 Å². The Balaban J connectivity index is 1.86. The highest BCUT2D eigenvalue weighted by molar-refractivity contribution is 6.30. The van der Waals surface area contributed by atoms with Crippen LogP contribution in [0.5, 0.6) is 5.75 Å². The van der Waals surface area contributed by atoms with Crippen LogP contribution in [0.25, 0.3) is 0 Å². The number of halogens is 1. The van der Waals surface area contributed by atoms with Crippen LogP contribution in [-0.4, -0.2) is 6.10 Å². The van der Waals surface area contributed by atoms with Gasteiger partial charge in [-0.2, -0.15) is 0 Å². The molecular formula is C17H18ClNO. The summed E-state index contributed by atoms with van der Waals surface area (Å²) in [6.07, 6.45) is 0.907. The smallest absolute Gasteiger partial charge is 0.124 e. The summed E-state index contributed by atoms with van der Waals surface area (Å²) >= 11 is 6.03. The largest absolute Gasteiger partial charge is 0.489 e. The SMILES string of the molecule is CC(c1ccccc1)C1C[C@@H](N)c2cc(Cl)ccc2O1. The summed E-state index contributed by atoms with van der Waals surface area (Å²) < 4.78 is 6.13. The molecule has 3 heteroatoms. The van der Waals surface area contributed by atoms with Gasteiger partial charge in [-0.3, -0.25) is 0 Å². The van der Waals surface area contributed by atoms with Gasteiger partial charge in [0.25, 0.3) is 0 Å². The zero-order chi connectivity index (χ0) is 14.1. The molecule has 104 valence electrons. The van der Waals surface area contributed by atoms with Crippen molar-refractivity contribution in [2.45, 2.75) is 31.4 Å². The van der Waals surface area contributed by atoms with Crippen LogP contribution in [-0.2, 0) is 0 Å². The second kappa shape index (κ2) is 5.47. The molecule has 3 rings (SSSR count). The summed E-state index contributed by atoms with van der Waals surface area (Å²) in [5.74, 6) is 1.17. The number of hydrogen-bond donors (Lipinski definition) is 1. The number of hydrogen-bond acceptors (Lipinski definition) is 2. The first kappa shape index (κ1) is 13.5. The molecule has 0 radical (unpaired) electrons. The average Bonchev–Trinajstić information content (AvgIpc) is 2.48. The molecule has 20 heavy (non-hydrogen) atoms. The van der Waals surface area contributed by atoms with Crippen molar-refractivity contribution in [3.63, 3.8) is 0 Å². The van der Waals surface area contributed by atoms with Crippen LogP contribution in [0.2, 0.25) is 5.02 Å². The molecule has 0 fully saturated rings. The van der Waals surface area contributed by atoms with Crippen LogP contribution >= 0.6 is 11.6 Å². The molecule has 0 bridgehead atoms. The molecule has 2 N–H and O–H groups in total. The maximum absolute atomic E-state index is 6.28. The minimum atomic E-state index is -0.0198. The second-order valence-corrected chi connectivity index (χ2v) is 5.82. The van der Waals surface area contributed by atoms with Crippen LogP contribution in [0.4, 0.5) is 0 Å². The molecule has 2 aromatic rings. The van der Waals surface area contributed by atoms with E-state index in [4.69, 9.17) is 22.1 Å². The molecule has 0 amide bonds. The Morgan fingerprint density at radius 3 is 2.70 bits per heavy atom. The average molecular weight is 288 g/mol. The minimum Gasteiger partial charge on any atom is -0.489 e. The highest BCUT2D eigenvalue weighted by Gasteiger charge is 2.30. The third kappa shape index (κ3) is 2.54. The first-order chi connectivity index (χ1) is 9.65. The second-order valence-electron chi connectivity index (χ2n) is 5.38. The quantitative estimate of drug-likeness (QED) is 0.894. The number of rotatable bonds is 2. The first-order valence-corrected chi connectivity index (χ1v) is 7.29. The standard InChI is InChI=1S/C17H18ClNO/c1-11(12-5-3-2-4-6-12)17-10-15(19)14-9-13(18)7-8-16(14)20-17/h2-9,11,15,17H,10,19H2,1H3/t11?,15-,17?/m1/s1. The van der Waals surface area contributed by atoms with Crippen molar-refractivity contribution in [2.75, 3.05) is 0 Å². The molecule has 1 aliphatic heterocycles. The Hall–Kier alpha value is -1.51. The molecular weight excluding hydrogens is 270 g/mol. The molecule has 3 atom stereocenters. The number of ether oxygens (including phenoxy) is 1. The molecule has 1 aliphatic rings. The molecule has 0 aliphatic carbocycles. The normalized spacial score (nSPS) is 22.8. The molecule has 2 aromatic carbocycles. The Morgan fingerprint density at radius 1 is 1.20 bits per heavy atom. The van der Waals surface area contributed by atoms with E-state index in [9.17, 15) is 0 Å². The van der Waals surface area contributed by atoms with E-state index in [0.29, 0.717) is 10.9 Å². The van der Waals surface area contributed by atoms with E-state index in [2.05, 4.69) is 31.2 Å². The van der Waals surface area contributed by atoms with Gasteiger partial charge in [0, 0.05) is 29.0 Å². The van der Waals surface area contributed by atoms with Crippen LogP contribution < -0.4 is 10.5 Å². The van der Waals surface area contributed by atoms with E-state index in [1.165, 1.54) is 5.56 Å². The van der Waals surface area contributed by atoms with Crippen molar-refractivity contribution in [3.05, 3.63) is 64.7 Å². The third-order valence-electron chi connectivity index (χ3n) is 4.02. The molecule has 0 spiro atoms. The Bertz CT molecular complexity index is 599. The van der Waals surface area contributed by atoms with Gasteiger partial charge < -0.3 is 10.5 Å². The first-order valence-electron chi connectivity index (χ1n) is 6.92. The van der Waals surface area contributed by atoms with E-state index in [0.717, 1.165) is 17.7 Å². The Morgan fingerprint density at radius 2 is 1.95 bits per heavy atom. The van der Waals surface area contributed by atoms with Crippen LogP contribution in [0.1, 0.15) is 36.4 Å². The molecule has 0 aromatic heterocycles. The lowest BCUT2D eigenvalue weighted by atomic mass is 9.87. The van der Waals surface area contributed by atoms with E-state index in [1.807, 2.05) is 24.3 Å². The fourth-order valence-electron chi connectivity index (χ4n) is 2.78. The lowest BCUT2D eigenvalue weighted by Crippen LogP contribution is -2.33. The summed E-state index contributed by atoms with van der Waals surface area (Å²) in [5.41, 5.74) is 8.57. The lowest BCUT2D eigenvalue weighted by molar-refractivity contribution is 0.136. The van der Waals surface area contributed by atoms with Crippen molar-refractivity contribution in [1.29, 1.82) is 0 Å². The maximum atomic E-state index is 6.28. The van der Waals surface area contributed by atoms with Crippen molar-refractivity contribution in [1.82, 2.24) is 0 Å². The Labute approximate surface area is 124 Å². The van der Waals surface area contributed by atoms with E-state index in [1.54, 1.807) is 0 Å². The zero-order valence-electron chi connectivity index (χ0n) is 11.4. The van der Waals surface area contributed by atoms with E-state index >= 15 is 0 Å². The van der Waals surface area contributed by atoms with Crippen molar-refractivity contribution < 1.29 is 4.74 Å². The molecule has 2 nitrogen and oxygen atoms in total. The minimum absolute atomic E-state index is 0.0198. The van der Waals surface area contributed by atoms with Gasteiger partial charge in [0.1, 0.15) is 11.9 Å². The van der Waals surface area contributed by atoms with Gasteiger partial charge in [-0.15, -0.1) is 0 Å². The monoisotopic (exact) mass is 287 g/mol. The Kier molecular flexibility index (Phi) is 3.68. The molecule has 2 unspecified atom stereocenters. The highest BCUT2D eigenvalue weighted by atomic mass is 35.5. The van der Waals surface area contributed by atoms with Crippen molar-refractivity contribution in [3.8, 4) is 5.75 Å². The van der Waals surface area contributed by atoms with E-state index < -0.39 is 0 Å². The fourth-order valence-corrected chi connectivity index (χ4v) is 2.96. The van der Waals surface area contributed by atoms with E-state index in [-0.39, 0.29) is 12.1 Å². The van der Waals surface area contributed by atoms with Gasteiger partial charge in [0.15, 0.2) is 0 Å². The van der Waals surface area contributed by atoms with Crippen LogP contribution in [0.15, 0.2) is 48.5 Å². The number of nitrogens with two attached hydrogens (primary N) is 1. The van der Waals surface area contributed by atoms with Crippen molar-refractivity contribution >= 4 is 11.6 Å². The van der Waals surface area contributed by atoms with Crippen LogP contribution in [0, 0.1) is 0 Å². The van der Waals surface area contributed by atoms with Gasteiger partial charge in [0.2, 0.25) is 0 Å². The zero-order valence-corrected chi connectivity index (χ0v) is 12.2. The fraction of sp³-hybridized carbons (Fsp3) is 0.294. The predicted octanol–water partition coefficient (Wildman–Crippen LogP) is 4.29.